The lowest BCUT2D eigenvalue weighted by Gasteiger charge is -2.10. The summed E-state index contributed by atoms with van der Waals surface area (Å²) in [5.41, 5.74) is 2.42. The lowest BCUT2D eigenvalue weighted by atomic mass is 9.95. The Bertz CT molecular complexity index is 376. The molecule has 0 aromatic heterocycles. The van der Waals surface area contributed by atoms with E-state index in [1.54, 1.807) is 0 Å². The van der Waals surface area contributed by atoms with Gasteiger partial charge < -0.3 is 5.32 Å². The van der Waals surface area contributed by atoms with Crippen molar-refractivity contribution in [2.24, 2.45) is 0 Å². The highest BCUT2D eigenvalue weighted by Gasteiger charge is 2.21. The molecule has 1 aromatic carbocycles. The van der Waals surface area contributed by atoms with Crippen molar-refractivity contribution in [3.05, 3.63) is 33.8 Å². The van der Waals surface area contributed by atoms with Gasteiger partial charge in [0.25, 0.3) is 0 Å². The van der Waals surface area contributed by atoms with E-state index < -0.39 is 0 Å². The van der Waals surface area contributed by atoms with Crippen LogP contribution in [0.25, 0.3) is 0 Å². The Morgan fingerprint density at radius 2 is 2.29 bits per heavy atom. The molecule has 0 radical (unpaired) electrons. The molecule has 0 saturated carbocycles. The molecule has 0 unspecified atom stereocenters. The fraction of sp³-hybridized carbons (Fsp3) is 0.364. The van der Waals surface area contributed by atoms with Crippen molar-refractivity contribution < 1.29 is 4.79 Å². The second-order valence-corrected chi connectivity index (χ2v) is 4.52. The largest absolute Gasteiger partial charge is 0.355 e. The summed E-state index contributed by atoms with van der Waals surface area (Å²) in [6, 6.07) is 6.17. The van der Waals surface area contributed by atoms with Crippen LogP contribution in [0.1, 0.15) is 24.0 Å². The quantitative estimate of drug-likeness (QED) is 0.755. The van der Waals surface area contributed by atoms with Crippen LogP contribution in [0.15, 0.2) is 22.7 Å². The van der Waals surface area contributed by atoms with Gasteiger partial charge in [0, 0.05) is 11.0 Å². The second-order valence-electron chi connectivity index (χ2n) is 3.61. The van der Waals surface area contributed by atoms with Gasteiger partial charge in [-0.3, -0.25) is 4.79 Å². The summed E-state index contributed by atoms with van der Waals surface area (Å²) in [7, 11) is 0. The number of carbonyl (C=O) groups excluding carboxylic acids is 1. The predicted octanol–water partition coefficient (Wildman–Crippen LogP) is 2.22. The first-order valence-corrected chi connectivity index (χ1v) is 5.54. The molecule has 0 fully saturated rings. The third kappa shape index (κ3) is 1.69. The topological polar surface area (TPSA) is 29.1 Å². The minimum Gasteiger partial charge on any atom is -0.355 e. The molecular formula is C11H12BrNO. The number of nitrogens with one attached hydrogen (secondary N) is 1. The molecule has 1 amide bonds. The zero-order chi connectivity index (χ0) is 10.1. The molecule has 1 heterocycles. The van der Waals surface area contributed by atoms with E-state index in [0.29, 0.717) is 0 Å². The number of halogens is 1. The van der Waals surface area contributed by atoms with Crippen LogP contribution in [-0.2, 0) is 11.2 Å². The van der Waals surface area contributed by atoms with Crippen molar-refractivity contribution in [3.8, 4) is 0 Å². The van der Waals surface area contributed by atoms with Crippen LogP contribution in [-0.4, -0.2) is 12.5 Å². The minimum absolute atomic E-state index is 0.0370. The van der Waals surface area contributed by atoms with Crippen LogP contribution < -0.4 is 5.32 Å². The molecule has 14 heavy (non-hydrogen) atoms. The zero-order valence-electron chi connectivity index (χ0n) is 8.01. The third-order valence-corrected chi connectivity index (χ3v) is 3.15. The van der Waals surface area contributed by atoms with Crippen molar-refractivity contribution in [2.45, 2.75) is 19.3 Å². The Morgan fingerprint density at radius 1 is 1.50 bits per heavy atom. The van der Waals surface area contributed by atoms with Gasteiger partial charge in [0.05, 0.1) is 5.92 Å². The molecule has 1 aliphatic rings. The number of fused-ring (bicyclic) bond motifs is 1. The van der Waals surface area contributed by atoms with E-state index in [1.165, 1.54) is 5.56 Å². The highest BCUT2D eigenvalue weighted by Crippen LogP contribution is 2.26. The zero-order valence-corrected chi connectivity index (χ0v) is 9.60. The van der Waals surface area contributed by atoms with E-state index in [2.05, 4.69) is 27.3 Å². The van der Waals surface area contributed by atoms with Crippen molar-refractivity contribution in [1.82, 2.24) is 5.32 Å². The Morgan fingerprint density at radius 3 is 3.07 bits per heavy atom. The monoisotopic (exact) mass is 253 g/mol. The lowest BCUT2D eigenvalue weighted by molar-refractivity contribution is -0.121. The smallest absolute Gasteiger partial charge is 0.227 e. The van der Waals surface area contributed by atoms with Gasteiger partial charge in [-0.1, -0.05) is 22.0 Å². The SMILES string of the molecule is C[C@@H]1C(=O)NCCc2ccc(Br)cc21. The summed E-state index contributed by atoms with van der Waals surface area (Å²) in [6.07, 6.45) is 0.929. The number of hydrogen-bond acceptors (Lipinski definition) is 1. The molecule has 74 valence electrons. The molecule has 1 N–H and O–H groups in total. The molecule has 0 bridgehead atoms. The molecule has 0 spiro atoms. The van der Waals surface area contributed by atoms with E-state index in [4.69, 9.17) is 0 Å². The first-order valence-electron chi connectivity index (χ1n) is 4.74. The predicted molar refractivity (Wildman–Crippen MR) is 59.3 cm³/mol. The summed E-state index contributed by atoms with van der Waals surface area (Å²) in [6.45, 7) is 2.70. The molecule has 1 aromatic rings. The maximum absolute atomic E-state index is 11.6. The van der Waals surface area contributed by atoms with Gasteiger partial charge >= 0.3 is 0 Å². The van der Waals surface area contributed by atoms with Crippen LogP contribution in [0.4, 0.5) is 0 Å². The lowest BCUT2D eigenvalue weighted by Crippen LogP contribution is -2.26. The van der Waals surface area contributed by atoms with Gasteiger partial charge in [0.15, 0.2) is 0 Å². The van der Waals surface area contributed by atoms with E-state index >= 15 is 0 Å². The third-order valence-electron chi connectivity index (χ3n) is 2.66. The van der Waals surface area contributed by atoms with Crippen molar-refractivity contribution in [3.63, 3.8) is 0 Å². The normalized spacial score (nSPS) is 21.0. The average Bonchev–Trinajstić information content (AvgIpc) is 2.30. The summed E-state index contributed by atoms with van der Waals surface area (Å²) >= 11 is 3.43. The van der Waals surface area contributed by atoms with Gasteiger partial charge in [0.2, 0.25) is 5.91 Å². The fourth-order valence-corrected chi connectivity index (χ4v) is 2.19. The van der Waals surface area contributed by atoms with E-state index in [0.717, 1.165) is 23.0 Å². The van der Waals surface area contributed by atoms with Crippen LogP contribution in [0.2, 0.25) is 0 Å². The van der Waals surface area contributed by atoms with E-state index in [9.17, 15) is 4.79 Å². The highest BCUT2D eigenvalue weighted by molar-refractivity contribution is 9.10. The molecule has 2 rings (SSSR count). The van der Waals surface area contributed by atoms with Gasteiger partial charge in [-0.25, -0.2) is 0 Å². The number of carbonyl (C=O) groups is 1. The van der Waals surface area contributed by atoms with Gasteiger partial charge in [-0.05, 0) is 36.6 Å². The molecule has 1 atom stereocenters. The summed E-state index contributed by atoms with van der Waals surface area (Å²) in [5.74, 6) is 0.0897. The molecule has 3 heteroatoms. The van der Waals surface area contributed by atoms with Crippen molar-refractivity contribution in [1.29, 1.82) is 0 Å². The molecule has 0 saturated heterocycles. The molecule has 0 aliphatic carbocycles. The Labute approximate surface area is 91.8 Å². The fourth-order valence-electron chi connectivity index (χ4n) is 1.81. The Balaban J connectivity index is 2.49. The number of rotatable bonds is 0. The first-order chi connectivity index (χ1) is 6.68. The maximum Gasteiger partial charge on any atom is 0.227 e. The van der Waals surface area contributed by atoms with E-state index in [1.807, 2.05) is 19.1 Å². The standard InChI is InChI=1S/C11H12BrNO/c1-7-10-6-9(12)3-2-8(10)4-5-13-11(7)14/h2-3,6-7H,4-5H2,1H3,(H,13,14)/t7-/m0/s1. The summed E-state index contributed by atoms with van der Waals surface area (Å²) in [5, 5.41) is 2.91. The minimum atomic E-state index is -0.0370. The van der Waals surface area contributed by atoms with Gasteiger partial charge in [0.1, 0.15) is 0 Å². The summed E-state index contributed by atoms with van der Waals surface area (Å²) < 4.78 is 1.04. The second kappa shape index (κ2) is 3.73. The average molecular weight is 254 g/mol. The molecule has 2 nitrogen and oxygen atoms in total. The van der Waals surface area contributed by atoms with Crippen LogP contribution in [0.3, 0.4) is 0 Å². The molecule has 1 aliphatic heterocycles. The highest BCUT2D eigenvalue weighted by atomic mass is 79.9. The van der Waals surface area contributed by atoms with Gasteiger partial charge in [-0.2, -0.15) is 0 Å². The van der Waals surface area contributed by atoms with Crippen molar-refractivity contribution >= 4 is 21.8 Å². The number of hydrogen-bond donors (Lipinski definition) is 1. The van der Waals surface area contributed by atoms with Crippen LogP contribution in [0, 0.1) is 0 Å². The van der Waals surface area contributed by atoms with Crippen LogP contribution in [0.5, 0.6) is 0 Å². The van der Waals surface area contributed by atoms with Gasteiger partial charge in [-0.15, -0.1) is 0 Å². The Hall–Kier alpha value is -0.830. The number of amides is 1. The first kappa shape index (κ1) is 9.71. The van der Waals surface area contributed by atoms with E-state index in [-0.39, 0.29) is 11.8 Å². The summed E-state index contributed by atoms with van der Waals surface area (Å²) in [4.78, 5) is 11.6. The number of benzene rings is 1. The van der Waals surface area contributed by atoms with Crippen LogP contribution >= 0.6 is 15.9 Å². The Kier molecular flexibility index (Phi) is 2.59. The van der Waals surface area contributed by atoms with Crippen molar-refractivity contribution in [2.75, 3.05) is 6.54 Å². The molecular weight excluding hydrogens is 242 g/mol. The maximum atomic E-state index is 11.6.